The summed E-state index contributed by atoms with van der Waals surface area (Å²) in [6, 6.07) is 21.9. The highest BCUT2D eigenvalue weighted by Gasteiger charge is 2.03. The van der Waals surface area contributed by atoms with E-state index in [1.54, 1.807) is 20.4 Å². The molecule has 0 atom stereocenters. The Balaban J connectivity index is 1.42. The summed E-state index contributed by atoms with van der Waals surface area (Å²) in [4.78, 5) is 8.55. The van der Waals surface area contributed by atoms with Crippen molar-refractivity contribution in [2.75, 3.05) is 20.7 Å². The molecule has 2 N–H and O–H groups in total. The lowest BCUT2D eigenvalue weighted by Crippen LogP contribution is -2.37. The molecule has 0 aliphatic heterocycles. The first-order valence-electron chi connectivity index (χ1n) is 9.96. The van der Waals surface area contributed by atoms with Crippen LogP contribution in [0.4, 0.5) is 0 Å². The minimum absolute atomic E-state index is 0.460. The van der Waals surface area contributed by atoms with E-state index < -0.39 is 0 Å². The van der Waals surface area contributed by atoms with Crippen LogP contribution < -0.4 is 20.1 Å². The first kappa shape index (κ1) is 21.2. The first-order chi connectivity index (χ1) is 14.8. The Morgan fingerprint density at radius 2 is 1.77 bits per heavy atom. The average Bonchev–Trinajstić information content (AvgIpc) is 2.81. The van der Waals surface area contributed by atoms with Gasteiger partial charge in [-0.05, 0) is 47.9 Å². The van der Waals surface area contributed by atoms with Crippen molar-refractivity contribution in [2.45, 2.75) is 19.6 Å². The third-order valence-corrected chi connectivity index (χ3v) is 4.60. The van der Waals surface area contributed by atoms with Crippen molar-refractivity contribution in [3.8, 4) is 11.5 Å². The van der Waals surface area contributed by atoms with Gasteiger partial charge in [0.15, 0.2) is 5.96 Å². The Kier molecular flexibility index (Phi) is 8.09. The molecule has 6 heteroatoms. The monoisotopic (exact) mass is 404 g/mol. The van der Waals surface area contributed by atoms with Gasteiger partial charge >= 0.3 is 0 Å². The zero-order chi connectivity index (χ0) is 21.0. The summed E-state index contributed by atoms with van der Waals surface area (Å²) >= 11 is 0. The first-order valence-corrected chi connectivity index (χ1v) is 9.96. The highest BCUT2D eigenvalue weighted by atomic mass is 16.5. The van der Waals surface area contributed by atoms with E-state index in [0.717, 1.165) is 41.7 Å². The van der Waals surface area contributed by atoms with Gasteiger partial charge in [0.25, 0.3) is 0 Å². The molecule has 3 aromatic rings. The number of rotatable bonds is 9. The van der Waals surface area contributed by atoms with Crippen LogP contribution in [0.3, 0.4) is 0 Å². The maximum absolute atomic E-state index is 5.78. The van der Waals surface area contributed by atoms with E-state index >= 15 is 0 Å². The number of hydrogen-bond acceptors (Lipinski definition) is 4. The summed E-state index contributed by atoms with van der Waals surface area (Å²) < 4.78 is 11.2. The van der Waals surface area contributed by atoms with Gasteiger partial charge in [-0.3, -0.25) is 9.98 Å². The number of ether oxygens (including phenoxy) is 2. The largest absolute Gasteiger partial charge is 0.496 e. The summed E-state index contributed by atoms with van der Waals surface area (Å²) in [6.07, 6.45) is 2.62. The lowest BCUT2D eigenvalue weighted by molar-refractivity contribution is 0.301. The fourth-order valence-corrected chi connectivity index (χ4v) is 2.98. The normalized spacial score (nSPS) is 11.1. The molecule has 0 aliphatic carbocycles. The smallest absolute Gasteiger partial charge is 0.191 e. The molecule has 1 heterocycles. The number of benzene rings is 2. The molecule has 1 aromatic heterocycles. The van der Waals surface area contributed by atoms with Crippen molar-refractivity contribution in [1.29, 1.82) is 0 Å². The molecule has 0 saturated heterocycles. The van der Waals surface area contributed by atoms with Gasteiger partial charge in [-0.25, -0.2) is 0 Å². The molecule has 3 rings (SSSR count). The van der Waals surface area contributed by atoms with E-state index in [2.05, 4.69) is 26.7 Å². The number of nitrogens with zero attached hydrogens (tertiary/aromatic N) is 2. The van der Waals surface area contributed by atoms with Crippen LogP contribution in [0.25, 0.3) is 0 Å². The number of pyridine rings is 1. The molecular formula is C24H28N4O2. The van der Waals surface area contributed by atoms with Crippen LogP contribution in [0.15, 0.2) is 77.9 Å². The second-order valence-corrected chi connectivity index (χ2v) is 6.67. The van der Waals surface area contributed by atoms with Crippen molar-refractivity contribution < 1.29 is 9.47 Å². The Morgan fingerprint density at radius 3 is 2.50 bits per heavy atom. The van der Waals surface area contributed by atoms with Gasteiger partial charge in [0.2, 0.25) is 0 Å². The van der Waals surface area contributed by atoms with E-state index in [1.165, 1.54) is 5.56 Å². The maximum Gasteiger partial charge on any atom is 0.191 e. The fraction of sp³-hybridized carbons (Fsp3) is 0.250. The predicted octanol–water partition coefficient (Wildman–Crippen LogP) is 3.58. The third-order valence-electron chi connectivity index (χ3n) is 4.60. The Labute approximate surface area is 178 Å². The summed E-state index contributed by atoms with van der Waals surface area (Å²) in [5, 5.41) is 6.68. The van der Waals surface area contributed by atoms with Crippen LogP contribution >= 0.6 is 0 Å². The predicted molar refractivity (Wildman–Crippen MR) is 120 cm³/mol. The van der Waals surface area contributed by atoms with Crippen LogP contribution in [-0.2, 0) is 19.6 Å². The SMILES string of the molecule is CN=C(NCCc1ccccc1OC)NCc1ccc(OCc2ccccn2)cc1. The fourth-order valence-electron chi connectivity index (χ4n) is 2.98. The number of para-hydroxylation sites is 1. The number of aliphatic imine (C=N–C) groups is 1. The molecule has 30 heavy (non-hydrogen) atoms. The van der Waals surface area contributed by atoms with Gasteiger partial charge in [-0.15, -0.1) is 0 Å². The Morgan fingerprint density at radius 1 is 0.967 bits per heavy atom. The van der Waals surface area contributed by atoms with Gasteiger partial charge < -0.3 is 20.1 Å². The summed E-state index contributed by atoms with van der Waals surface area (Å²) in [5.74, 6) is 2.50. The lowest BCUT2D eigenvalue weighted by Gasteiger charge is -2.13. The molecule has 0 spiro atoms. The van der Waals surface area contributed by atoms with Crippen LogP contribution in [0, 0.1) is 0 Å². The van der Waals surface area contributed by atoms with Crippen molar-refractivity contribution >= 4 is 5.96 Å². The second kappa shape index (κ2) is 11.5. The minimum Gasteiger partial charge on any atom is -0.496 e. The Bertz CT molecular complexity index is 927. The number of methoxy groups -OCH3 is 1. The maximum atomic E-state index is 5.78. The molecule has 2 aromatic carbocycles. The topological polar surface area (TPSA) is 67.8 Å². The van der Waals surface area contributed by atoms with E-state index in [1.807, 2.05) is 60.7 Å². The van der Waals surface area contributed by atoms with Gasteiger partial charge in [-0.1, -0.05) is 36.4 Å². The van der Waals surface area contributed by atoms with E-state index in [0.29, 0.717) is 13.2 Å². The van der Waals surface area contributed by atoms with E-state index in [-0.39, 0.29) is 0 Å². The molecular weight excluding hydrogens is 376 g/mol. The molecule has 0 bridgehead atoms. The van der Waals surface area contributed by atoms with Gasteiger partial charge in [0.1, 0.15) is 18.1 Å². The van der Waals surface area contributed by atoms with E-state index in [4.69, 9.17) is 9.47 Å². The minimum atomic E-state index is 0.460. The van der Waals surface area contributed by atoms with Crippen molar-refractivity contribution in [3.63, 3.8) is 0 Å². The molecule has 0 saturated carbocycles. The molecule has 0 unspecified atom stereocenters. The molecule has 0 amide bonds. The number of aromatic nitrogens is 1. The highest BCUT2D eigenvalue weighted by Crippen LogP contribution is 2.17. The number of guanidine groups is 1. The van der Waals surface area contributed by atoms with Crippen LogP contribution in [-0.4, -0.2) is 31.6 Å². The summed E-state index contributed by atoms with van der Waals surface area (Å²) in [7, 11) is 3.47. The number of hydrogen-bond donors (Lipinski definition) is 2. The van der Waals surface area contributed by atoms with E-state index in [9.17, 15) is 0 Å². The Hall–Kier alpha value is -3.54. The molecule has 0 aliphatic rings. The average molecular weight is 405 g/mol. The zero-order valence-electron chi connectivity index (χ0n) is 17.5. The van der Waals surface area contributed by atoms with Crippen molar-refractivity contribution in [3.05, 3.63) is 89.7 Å². The molecule has 156 valence electrons. The molecule has 0 radical (unpaired) electrons. The molecule has 0 fully saturated rings. The third kappa shape index (κ3) is 6.51. The van der Waals surface area contributed by atoms with Crippen molar-refractivity contribution in [2.24, 2.45) is 4.99 Å². The van der Waals surface area contributed by atoms with Crippen LogP contribution in [0.5, 0.6) is 11.5 Å². The summed E-state index contributed by atoms with van der Waals surface area (Å²) in [5.41, 5.74) is 3.23. The quantitative estimate of drug-likeness (QED) is 0.422. The van der Waals surface area contributed by atoms with Gasteiger partial charge in [-0.2, -0.15) is 0 Å². The summed E-state index contributed by atoms with van der Waals surface area (Å²) in [6.45, 7) is 1.90. The number of nitrogens with one attached hydrogen (secondary N) is 2. The second-order valence-electron chi connectivity index (χ2n) is 6.67. The zero-order valence-corrected chi connectivity index (χ0v) is 17.5. The van der Waals surface area contributed by atoms with Gasteiger partial charge in [0, 0.05) is 26.3 Å². The van der Waals surface area contributed by atoms with Gasteiger partial charge in [0.05, 0.1) is 12.8 Å². The molecule has 6 nitrogen and oxygen atoms in total. The van der Waals surface area contributed by atoms with Crippen molar-refractivity contribution in [1.82, 2.24) is 15.6 Å². The van der Waals surface area contributed by atoms with Crippen LogP contribution in [0.1, 0.15) is 16.8 Å². The van der Waals surface area contributed by atoms with Crippen LogP contribution in [0.2, 0.25) is 0 Å². The standard InChI is InChI=1S/C24H28N4O2/c1-25-24(27-16-14-20-7-3-4-9-23(20)29-2)28-17-19-10-12-22(13-11-19)30-18-21-8-5-6-15-26-21/h3-13,15H,14,16-18H2,1-2H3,(H2,25,27,28). The lowest BCUT2D eigenvalue weighted by atomic mass is 10.1. The highest BCUT2D eigenvalue weighted by molar-refractivity contribution is 5.79.